The zero-order chi connectivity index (χ0) is 42.8. The normalized spacial score (nSPS) is 12.1. The van der Waals surface area contributed by atoms with Crippen LogP contribution < -0.4 is 9.80 Å². The van der Waals surface area contributed by atoms with Crippen molar-refractivity contribution in [2.75, 3.05) is 9.80 Å². The Kier molecular flexibility index (Phi) is 7.90. The van der Waals surface area contributed by atoms with Gasteiger partial charge in [0.15, 0.2) is 0 Å². The fourth-order valence-electron chi connectivity index (χ4n) is 11.4. The molecule has 302 valence electrons. The first-order valence-corrected chi connectivity index (χ1v) is 22.4. The molecule has 13 aromatic rings. The molecule has 13 rings (SSSR count). The molecular formula is C62H44N2. The van der Waals surface area contributed by atoms with E-state index in [2.05, 4.69) is 232 Å². The van der Waals surface area contributed by atoms with E-state index in [1.54, 1.807) is 0 Å². The summed E-state index contributed by atoms with van der Waals surface area (Å²) < 4.78 is 0. The molecule has 0 bridgehead atoms. The Labute approximate surface area is 372 Å². The zero-order valence-electron chi connectivity index (χ0n) is 36.4. The van der Waals surface area contributed by atoms with E-state index in [9.17, 15) is 0 Å². The van der Waals surface area contributed by atoms with E-state index < -0.39 is 0 Å². The maximum absolute atomic E-state index is 2.51. The molecule has 0 aliphatic carbocycles. The molecule has 0 saturated heterocycles. The summed E-state index contributed by atoms with van der Waals surface area (Å²) in [6.07, 6.45) is 0. The van der Waals surface area contributed by atoms with Crippen LogP contribution in [0.2, 0.25) is 0 Å². The molecule has 64 heavy (non-hydrogen) atoms. The molecule has 0 atom stereocenters. The summed E-state index contributed by atoms with van der Waals surface area (Å²) in [5.41, 5.74) is 12.1. The molecule has 0 aromatic heterocycles. The van der Waals surface area contributed by atoms with Gasteiger partial charge in [0.05, 0.1) is 11.4 Å². The smallest absolute Gasteiger partial charge is 0.0547 e. The largest absolute Gasteiger partial charge is 0.309 e. The van der Waals surface area contributed by atoms with E-state index in [1.807, 2.05) is 0 Å². The highest BCUT2D eigenvalue weighted by Crippen LogP contribution is 2.55. The van der Waals surface area contributed by atoms with Gasteiger partial charge in [0, 0.05) is 33.5 Å². The summed E-state index contributed by atoms with van der Waals surface area (Å²) in [4.78, 5) is 5.02. The lowest BCUT2D eigenvalue weighted by Gasteiger charge is -2.31. The van der Waals surface area contributed by atoms with Gasteiger partial charge in [-0.3, -0.25) is 0 Å². The molecule has 2 heteroatoms. The van der Waals surface area contributed by atoms with Gasteiger partial charge in [0.1, 0.15) is 0 Å². The number of nitrogens with zero attached hydrogens (tertiary/aromatic N) is 2. The average Bonchev–Trinajstić information content (AvgIpc) is 3.32. The van der Waals surface area contributed by atoms with Crippen LogP contribution in [0.25, 0.3) is 86.2 Å². The van der Waals surface area contributed by atoms with E-state index in [0.717, 1.165) is 0 Å². The molecule has 0 fully saturated rings. The molecule has 0 amide bonds. The summed E-state index contributed by atoms with van der Waals surface area (Å²) in [5, 5.41) is 20.7. The molecular weight excluding hydrogens is 773 g/mol. The molecule has 0 spiro atoms. The summed E-state index contributed by atoms with van der Waals surface area (Å²) >= 11 is 0. The SMILES string of the molecule is Cc1ccccc1N(c1ccccc1C)c1ccc2cccc3c2c1c1cccc2c1c3c1cccc3c4c(N(c5ccccc5C)c5ccccc5C)ccc5cccc(c54)c2c31. The molecule has 0 aliphatic rings. The lowest BCUT2D eigenvalue weighted by Crippen LogP contribution is -2.13. The highest BCUT2D eigenvalue weighted by Gasteiger charge is 2.28. The Balaban J connectivity index is 1.23. The third-order valence-electron chi connectivity index (χ3n) is 14.2. The molecule has 2 nitrogen and oxygen atoms in total. The van der Waals surface area contributed by atoms with Crippen LogP contribution in [-0.4, -0.2) is 0 Å². The van der Waals surface area contributed by atoms with Crippen LogP contribution in [-0.2, 0) is 0 Å². The molecule has 0 N–H and O–H groups in total. The van der Waals surface area contributed by atoms with Gasteiger partial charge < -0.3 is 9.80 Å². The monoisotopic (exact) mass is 816 g/mol. The first kappa shape index (κ1) is 36.7. The summed E-state index contributed by atoms with van der Waals surface area (Å²) in [6, 6.07) is 72.7. The predicted octanol–water partition coefficient (Wildman–Crippen LogP) is 18.0. The quantitative estimate of drug-likeness (QED) is 0.122. The number of para-hydroxylation sites is 4. The maximum atomic E-state index is 2.51. The minimum Gasteiger partial charge on any atom is -0.309 e. The summed E-state index contributed by atoms with van der Waals surface area (Å²) in [6.45, 7) is 8.92. The number of rotatable bonds is 6. The number of fused-ring (bicyclic) bond motifs is 6. The summed E-state index contributed by atoms with van der Waals surface area (Å²) in [7, 11) is 0. The Morgan fingerprint density at radius 3 is 0.781 bits per heavy atom. The number of anilines is 6. The Bertz CT molecular complexity index is 3670. The van der Waals surface area contributed by atoms with Crippen molar-refractivity contribution in [1.29, 1.82) is 0 Å². The van der Waals surface area contributed by atoms with Crippen LogP contribution in [0.4, 0.5) is 34.1 Å². The van der Waals surface area contributed by atoms with Crippen LogP contribution in [0.1, 0.15) is 22.3 Å². The number of aryl methyl sites for hydroxylation is 4. The zero-order valence-corrected chi connectivity index (χ0v) is 36.4. The fraction of sp³-hybridized carbons (Fsp3) is 0.0645. The molecule has 0 aliphatic heterocycles. The van der Waals surface area contributed by atoms with Crippen molar-refractivity contribution < 1.29 is 0 Å². The van der Waals surface area contributed by atoms with Crippen LogP contribution >= 0.6 is 0 Å². The average molecular weight is 817 g/mol. The molecule has 13 aromatic carbocycles. The highest BCUT2D eigenvalue weighted by atomic mass is 15.2. The van der Waals surface area contributed by atoms with Gasteiger partial charge in [0.25, 0.3) is 0 Å². The second kappa shape index (κ2) is 13.8. The van der Waals surface area contributed by atoms with Crippen LogP contribution in [0, 0.1) is 27.7 Å². The van der Waals surface area contributed by atoms with Crippen LogP contribution in [0.5, 0.6) is 0 Å². The highest BCUT2D eigenvalue weighted by molar-refractivity contribution is 6.49. The summed E-state index contributed by atoms with van der Waals surface area (Å²) in [5.74, 6) is 0. The van der Waals surface area contributed by atoms with Gasteiger partial charge in [-0.25, -0.2) is 0 Å². The molecule has 0 saturated carbocycles. The van der Waals surface area contributed by atoms with Gasteiger partial charge in [-0.15, -0.1) is 0 Å². The number of benzene rings is 13. The lowest BCUT2D eigenvalue weighted by molar-refractivity contribution is 1.24. The van der Waals surface area contributed by atoms with E-state index in [4.69, 9.17) is 0 Å². The van der Waals surface area contributed by atoms with E-state index >= 15 is 0 Å². The van der Waals surface area contributed by atoms with Crippen molar-refractivity contribution in [3.8, 4) is 0 Å². The standard InChI is InChI=1S/C62H44N2/c1-37-17-5-9-29-49(37)63(50-30-10-6-18-38(50)2)53-35-33-41-21-13-23-43-55(41)61(53)47-27-15-25-45-58-44-24-14-22-42-34-36-54(62(56(42)44)48-28-16-26-46(60(48)58)57(43)59(45)47)64(51-31-11-7-19-39(51)3)52-32-12-8-20-40(52)4/h5-36H,1-4H3. The van der Waals surface area contributed by atoms with Crippen molar-refractivity contribution in [3.63, 3.8) is 0 Å². The fourth-order valence-corrected chi connectivity index (χ4v) is 11.4. The van der Waals surface area contributed by atoms with Crippen LogP contribution in [0.3, 0.4) is 0 Å². The number of hydrogen-bond acceptors (Lipinski definition) is 2. The number of hydrogen-bond donors (Lipinski definition) is 0. The minimum absolute atomic E-state index is 1.19. The third kappa shape index (κ3) is 5.02. The first-order valence-electron chi connectivity index (χ1n) is 22.4. The van der Waals surface area contributed by atoms with Gasteiger partial charge in [-0.05, 0) is 162 Å². The predicted molar refractivity (Wildman–Crippen MR) is 277 cm³/mol. The molecule has 0 heterocycles. The van der Waals surface area contributed by atoms with Crippen molar-refractivity contribution in [2.24, 2.45) is 0 Å². The van der Waals surface area contributed by atoms with E-state index in [1.165, 1.54) is 143 Å². The van der Waals surface area contributed by atoms with Crippen molar-refractivity contribution in [1.82, 2.24) is 0 Å². The van der Waals surface area contributed by atoms with Gasteiger partial charge >= 0.3 is 0 Å². The van der Waals surface area contributed by atoms with E-state index in [0.29, 0.717) is 0 Å². The van der Waals surface area contributed by atoms with Gasteiger partial charge in [0.2, 0.25) is 0 Å². The minimum atomic E-state index is 1.19. The third-order valence-corrected chi connectivity index (χ3v) is 14.2. The van der Waals surface area contributed by atoms with Crippen molar-refractivity contribution in [3.05, 3.63) is 216 Å². The Morgan fingerprint density at radius 1 is 0.203 bits per heavy atom. The Morgan fingerprint density at radius 2 is 0.469 bits per heavy atom. The topological polar surface area (TPSA) is 6.48 Å². The Hall–Kier alpha value is -7.94. The van der Waals surface area contributed by atoms with E-state index in [-0.39, 0.29) is 0 Å². The second-order valence-corrected chi connectivity index (χ2v) is 17.7. The maximum Gasteiger partial charge on any atom is 0.0547 e. The van der Waals surface area contributed by atoms with Crippen LogP contribution in [0.15, 0.2) is 194 Å². The molecule has 0 radical (unpaired) electrons. The second-order valence-electron chi connectivity index (χ2n) is 17.7. The van der Waals surface area contributed by atoms with Gasteiger partial charge in [-0.2, -0.15) is 0 Å². The van der Waals surface area contributed by atoms with Gasteiger partial charge in [-0.1, -0.05) is 158 Å². The van der Waals surface area contributed by atoms with Crippen molar-refractivity contribution in [2.45, 2.75) is 27.7 Å². The van der Waals surface area contributed by atoms with Crippen molar-refractivity contribution >= 4 is 120 Å². The molecule has 0 unspecified atom stereocenters. The lowest BCUT2D eigenvalue weighted by atomic mass is 9.81. The first-order chi connectivity index (χ1) is 31.5.